The van der Waals surface area contributed by atoms with E-state index in [9.17, 15) is 5.26 Å². The lowest BCUT2D eigenvalue weighted by atomic mass is 9.61. The van der Waals surface area contributed by atoms with Crippen molar-refractivity contribution in [3.8, 4) is 34.0 Å². The van der Waals surface area contributed by atoms with Gasteiger partial charge >= 0.3 is 0 Å². The third-order valence-corrected chi connectivity index (χ3v) is 13.4. The number of benzene rings is 10. The maximum absolute atomic E-state index is 9.80. The van der Waals surface area contributed by atoms with Gasteiger partial charge in [0.2, 0.25) is 0 Å². The van der Waals surface area contributed by atoms with Gasteiger partial charge in [0.15, 0.2) is 0 Å². The molecule has 0 radical (unpaired) electrons. The van der Waals surface area contributed by atoms with Gasteiger partial charge in [-0.3, -0.25) is 0 Å². The van der Waals surface area contributed by atoms with Crippen LogP contribution in [0.3, 0.4) is 0 Å². The largest absolute Gasteiger partial charge is 0.310 e. The van der Waals surface area contributed by atoms with Crippen LogP contribution in [0.25, 0.3) is 71.3 Å². The molecule has 13 rings (SSSR count). The zero-order valence-corrected chi connectivity index (χ0v) is 33.0. The van der Waals surface area contributed by atoms with E-state index in [1.165, 1.54) is 87.9 Å². The summed E-state index contributed by atoms with van der Waals surface area (Å²) in [6.45, 7) is 0. The maximum Gasteiger partial charge on any atom is 0.0991 e. The quantitative estimate of drug-likeness (QED) is 0.178. The Bertz CT molecular complexity index is 3620. The minimum Gasteiger partial charge on any atom is -0.310 e. The summed E-state index contributed by atoms with van der Waals surface area (Å²) in [6.07, 6.45) is 0. The molecule has 11 aromatic rings. The summed E-state index contributed by atoms with van der Waals surface area (Å²) in [5.41, 5.74) is 16.8. The number of rotatable bonds is 4. The monoisotopic (exact) mass is 773 g/mol. The molecule has 0 unspecified atom stereocenters. The first kappa shape index (κ1) is 33.7. The van der Waals surface area contributed by atoms with Crippen LogP contribution in [0.4, 0.5) is 17.1 Å². The minimum atomic E-state index is -0.601. The van der Waals surface area contributed by atoms with Crippen molar-refractivity contribution in [1.29, 1.82) is 5.26 Å². The standard InChI is InChI=1S/C58H35N3/c59-36-37-25-28-41(29-26-37)60(42-30-27-38-13-4-5-14-39(38)33-42)43-31-32-46-49-35-55-57(47-19-8-11-24-54(47)61(55)40-15-2-1-3-16-40)48-20-12-23-52(56(48)49)58(53(46)34-43)50-21-9-6-17-44(50)45-18-7-10-22-51(45)58/h1-35H. The average Bonchev–Trinajstić information content (AvgIpc) is 3.82. The van der Waals surface area contributed by atoms with E-state index in [0.29, 0.717) is 5.56 Å². The molecule has 0 atom stereocenters. The molecule has 0 N–H and O–H groups in total. The smallest absolute Gasteiger partial charge is 0.0991 e. The molecule has 3 nitrogen and oxygen atoms in total. The SMILES string of the molecule is N#Cc1ccc(N(c2ccc3c(c2)C2(c4ccccc4-c4ccccc42)c2cccc4c2c-3cc2c4c3ccccc3n2-c2ccccc2)c2ccc3ccccc3c2)cc1. The van der Waals surface area contributed by atoms with Crippen LogP contribution in [0.5, 0.6) is 0 Å². The van der Waals surface area contributed by atoms with Crippen LogP contribution in [0.15, 0.2) is 212 Å². The van der Waals surface area contributed by atoms with Gasteiger partial charge in [-0.2, -0.15) is 5.26 Å². The van der Waals surface area contributed by atoms with Crippen molar-refractivity contribution in [3.05, 3.63) is 240 Å². The summed E-state index contributed by atoms with van der Waals surface area (Å²) in [6, 6.07) is 79.9. The lowest BCUT2D eigenvalue weighted by Gasteiger charge is -2.41. The summed E-state index contributed by atoms with van der Waals surface area (Å²) < 4.78 is 2.44. The van der Waals surface area contributed by atoms with E-state index in [4.69, 9.17) is 0 Å². The molecule has 1 aromatic heterocycles. The third-order valence-electron chi connectivity index (χ3n) is 13.4. The summed E-state index contributed by atoms with van der Waals surface area (Å²) in [5.74, 6) is 0. The average molecular weight is 774 g/mol. The predicted molar refractivity (Wildman–Crippen MR) is 251 cm³/mol. The van der Waals surface area contributed by atoms with Gasteiger partial charge in [-0.1, -0.05) is 140 Å². The van der Waals surface area contributed by atoms with Gasteiger partial charge in [0.25, 0.3) is 0 Å². The van der Waals surface area contributed by atoms with E-state index < -0.39 is 5.41 Å². The first-order chi connectivity index (χ1) is 30.2. The molecule has 0 bridgehead atoms. The van der Waals surface area contributed by atoms with Gasteiger partial charge in [-0.15, -0.1) is 0 Å². The fourth-order valence-corrected chi connectivity index (χ4v) is 10.9. The molecule has 0 amide bonds. The van der Waals surface area contributed by atoms with E-state index in [0.717, 1.165) is 22.7 Å². The molecular weight excluding hydrogens is 739 g/mol. The lowest BCUT2D eigenvalue weighted by Crippen LogP contribution is -2.32. The Balaban J connectivity index is 1.18. The predicted octanol–water partition coefficient (Wildman–Crippen LogP) is 14.8. The normalized spacial score (nSPS) is 13.0. The number of para-hydroxylation sites is 2. The molecule has 0 saturated carbocycles. The zero-order chi connectivity index (χ0) is 40.2. The topological polar surface area (TPSA) is 32.0 Å². The molecule has 2 aliphatic rings. The highest BCUT2D eigenvalue weighted by atomic mass is 15.1. The highest BCUT2D eigenvalue weighted by molar-refractivity contribution is 6.26. The summed E-state index contributed by atoms with van der Waals surface area (Å²) in [4.78, 5) is 2.35. The molecule has 1 spiro atoms. The van der Waals surface area contributed by atoms with E-state index in [1.54, 1.807) is 0 Å². The van der Waals surface area contributed by atoms with Crippen molar-refractivity contribution < 1.29 is 0 Å². The van der Waals surface area contributed by atoms with Crippen LogP contribution in [-0.4, -0.2) is 4.57 Å². The summed E-state index contributed by atoms with van der Waals surface area (Å²) in [5, 5.41) is 17.3. The molecule has 0 fully saturated rings. The van der Waals surface area contributed by atoms with Crippen LogP contribution in [-0.2, 0) is 5.41 Å². The molecule has 2 aliphatic carbocycles. The Morgan fingerprint density at radius 1 is 0.393 bits per heavy atom. The highest BCUT2D eigenvalue weighted by Crippen LogP contribution is 2.63. The number of nitriles is 1. The van der Waals surface area contributed by atoms with Crippen LogP contribution in [0.1, 0.15) is 27.8 Å². The molecule has 1 heterocycles. The van der Waals surface area contributed by atoms with Gasteiger partial charge in [0.05, 0.1) is 28.1 Å². The Morgan fingerprint density at radius 3 is 1.79 bits per heavy atom. The van der Waals surface area contributed by atoms with E-state index in [2.05, 4.69) is 216 Å². The Kier molecular flexibility index (Phi) is 7.00. The number of hydrogen-bond acceptors (Lipinski definition) is 2. The second-order valence-electron chi connectivity index (χ2n) is 16.3. The van der Waals surface area contributed by atoms with Crippen molar-refractivity contribution in [2.45, 2.75) is 5.41 Å². The third kappa shape index (κ3) is 4.56. The fourth-order valence-electron chi connectivity index (χ4n) is 10.9. The van der Waals surface area contributed by atoms with Crippen LogP contribution < -0.4 is 4.90 Å². The van der Waals surface area contributed by atoms with Crippen LogP contribution in [0.2, 0.25) is 0 Å². The Hall–Kier alpha value is -8.19. The minimum absolute atomic E-state index is 0.601. The van der Waals surface area contributed by atoms with E-state index >= 15 is 0 Å². The van der Waals surface area contributed by atoms with Crippen molar-refractivity contribution in [3.63, 3.8) is 0 Å². The number of aromatic nitrogens is 1. The van der Waals surface area contributed by atoms with Crippen LogP contribution >= 0.6 is 0 Å². The number of hydrogen-bond donors (Lipinski definition) is 0. The number of anilines is 3. The van der Waals surface area contributed by atoms with E-state index in [1.807, 2.05) is 12.1 Å². The first-order valence-electron chi connectivity index (χ1n) is 20.9. The zero-order valence-electron chi connectivity index (χ0n) is 33.0. The molecule has 3 heteroatoms. The van der Waals surface area contributed by atoms with Gasteiger partial charge in [-0.05, 0) is 139 Å². The highest BCUT2D eigenvalue weighted by Gasteiger charge is 2.50. The van der Waals surface area contributed by atoms with E-state index in [-0.39, 0.29) is 0 Å². The fraction of sp³-hybridized carbons (Fsp3) is 0.0172. The van der Waals surface area contributed by atoms with Crippen molar-refractivity contribution >= 4 is 60.4 Å². The maximum atomic E-state index is 9.80. The molecule has 0 aliphatic heterocycles. The van der Waals surface area contributed by atoms with Gasteiger partial charge in [-0.25, -0.2) is 0 Å². The molecule has 282 valence electrons. The molecular formula is C58H35N3. The second kappa shape index (κ2) is 12.7. The van der Waals surface area contributed by atoms with Gasteiger partial charge < -0.3 is 9.47 Å². The molecule has 61 heavy (non-hydrogen) atoms. The van der Waals surface area contributed by atoms with Crippen molar-refractivity contribution in [2.24, 2.45) is 0 Å². The number of nitrogens with zero attached hydrogens (tertiary/aromatic N) is 3. The Labute approximate surface area is 353 Å². The molecule has 0 saturated heterocycles. The van der Waals surface area contributed by atoms with Gasteiger partial charge in [0, 0.05) is 33.5 Å². The first-order valence-corrected chi connectivity index (χ1v) is 20.9. The molecule has 10 aromatic carbocycles. The van der Waals surface area contributed by atoms with Crippen molar-refractivity contribution in [2.75, 3.05) is 4.90 Å². The summed E-state index contributed by atoms with van der Waals surface area (Å²) in [7, 11) is 0. The summed E-state index contributed by atoms with van der Waals surface area (Å²) >= 11 is 0. The Morgan fingerprint density at radius 2 is 1.00 bits per heavy atom. The number of fused-ring (bicyclic) bond motifs is 14. The van der Waals surface area contributed by atoms with Gasteiger partial charge in [0.1, 0.15) is 0 Å². The lowest BCUT2D eigenvalue weighted by molar-refractivity contribution is 0.773. The van der Waals surface area contributed by atoms with Crippen LogP contribution in [0, 0.1) is 11.3 Å². The van der Waals surface area contributed by atoms with Crippen molar-refractivity contribution in [1.82, 2.24) is 4.57 Å². The second-order valence-corrected chi connectivity index (χ2v) is 16.3.